The van der Waals surface area contributed by atoms with Crippen molar-refractivity contribution in [1.82, 2.24) is 14.9 Å². The van der Waals surface area contributed by atoms with E-state index in [1.165, 1.54) is 12.1 Å². The summed E-state index contributed by atoms with van der Waals surface area (Å²) in [5, 5.41) is 6.70. The standard InChI is InChI=1S/C31H51FN4O4S/c1-3-20-41(38,39)36-19-18-34-21-26(36)15-10-22-6-4-5-7-28(22)35-31(37)30(33)29(23-8-13-25(32)14-9-23)24-11-16-27(40-2)17-12-24/h8-9,13-14,22,24,26-30,34H,3-7,10-12,15-21,33H2,1-2H3,(H,35,37)/t22-,24?,26+,27?,28+,29+,30+/m1/s1. The Morgan fingerprint density at radius 1 is 1.12 bits per heavy atom. The summed E-state index contributed by atoms with van der Waals surface area (Å²) in [7, 11) is -1.51. The van der Waals surface area contributed by atoms with E-state index in [1.807, 2.05) is 6.92 Å². The largest absolute Gasteiger partial charge is 0.381 e. The van der Waals surface area contributed by atoms with Crippen LogP contribution in [-0.4, -0.2) is 75.4 Å². The summed E-state index contributed by atoms with van der Waals surface area (Å²) in [5.74, 6) is 0.0698. The molecule has 0 bridgehead atoms. The number of benzene rings is 1. The number of halogens is 1. The SMILES string of the molecule is CCCS(=O)(=O)N1CCNC[C@@H]1CC[C@H]1CCCC[C@@H]1NC(=O)[C@@H](N)[C@@H](c1ccc(F)cc1)C1CCC(OC)CC1. The Hall–Kier alpha value is -1.59. The summed E-state index contributed by atoms with van der Waals surface area (Å²) in [6.07, 6.45) is 10.3. The van der Waals surface area contributed by atoms with E-state index in [0.717, 1.165) is 69.8 Å². The number of methoxy groups -OCH3 is 1. The van der Waals surface area contributed by atoms with Crippen molar-refractivity contribution < 1.29 is 22.3 Å². The second-order valence-corrected chi connectivity index (χ2v) is 14.4. The molecule has 0 radical (unpaired) electrons. The van der Waals surface area contributed by atoms with Gasteiger partial charge in [-0.25, -0.2) is 12.8 Å². The minimum atomic E-state index is -3.26. The predicted molar refractivity (Wildman–Crippen MR) is 160 cm³/mol. The van der Waals surface area contributed by atoms with Crippen molar-refractivity contribution in [2.24, 2.45) is 17.6 Å². The van der Waals surface area contributed by atoms with Crippen molar-refractivity contribution in [3.8, 4) is 0 Å². The lowest BCUT2D eigenvalue weighted by Gasteiger charge is -2.39. The maximum Gasteiger partial charge on any atom is 0.237 e. The molecule has 232 valence electrons. The van der Waals surface area contributed by atoms with Gasteiger partial charge in [-0.2, -0.15) is 4.31 Å². The lowest BCUT2D eigenvalue weighted by Crippen LogP contribution is -2.55. The molecular formula is C31H51FN4O4S. The molecule has 1 aliphatic heterocycles. The van der Waals surface area contributed by atoms with Crippen LogP contribution in [0.5, 0.6) is 0 Å². The van der Waals surface area contributed by atoms with E-state index in [-0.39, 0.29) is 47.5 Å². The molecule has 3 aliphatic rings. The third kappa shape index (κ3) is 8.50. The van der Waals surface area contributed by atoms with Crippen LogP contribution in [0, 0.1) is 17.7 Å². The molecule has 8 nitrogen and oxygen atoms in total. The zero-order valence-electron chi connectivity index (χ0n) is 24.9. The first-order chi connectivity index (χ1) is 19.7. The summed E-state index contributed by atoms with van der Waals surface area (Å²) in [6.45, 7) is 3.77. The lowest BCUT2D eigenvalue weighted by molar-refractivity contribution is -0.124. The van der Waals surface area contributed by atoms with Crippen LogP contribution in [0.4, 0.5) is 4.39 Å². The second-order valence-electron chi connectivity index (χ2n) is 12.4. The molecule has 1 aromatic rings. The topological polar surface area (TPSA) is 114 Å². The van der Waals surface area contributed by atoms with Gasteiger partial charge >= 0.3 is 0 Å². The Kier molecular flexibility index (Phi) is 12.0. The monoisotopic (exact) mass is 594 g/mol. The molecule has 41 heavy (non-hydrogen) atoms. The minimum Gasteiger partial charge on any atom is -0.381 e. The van der Waals surface area contributed by atoms with Gasteiger partial charge in [0, 0.05) is 44.7 Å². The van der Waals surface area contributed by atoms with E-state index in [0.29, 0.717) is 32.0 Å². The summed E-state index contributed by atoms with van der Waals surface area (Å²) in [4.78, 5) is 13.7. The van der Waals surface area contributed by atoms with E-state index in [1.54, 1.807) is 23.5 Å². The smallest absolute Gasteiger partial charge is 0.237 e. The first-order valence-corrected chi connectivity index (χ1v) is 17.4. The number of ether oxygens (including phenoxy) is 1. The number of sulfonamides is 1. The van der Waals surface area contributed by atoms with Gasteiger partial charge in [-0.1, -0.05) is 31.9 Å². The molecule has 2 aliphatic carbocycles. The molecule has 1 aromatic carbocycles. The number of nitrogens with two attached hydrogens (primary N) is 1. The Morgan fingerprint density at radius 2 is 1.83 bits per heavy atom. The van der Waals surface area contributed by atoms with Crippen molar-refractivity contribution >= 4 is 15.9 Å². The van der Waals surface area contributed by atoms with Crippen LogP contribution >= 0.6 is 0 Å². The van der Waals surface area contributed by atoms with Crippen molar-refractivity contribution in [1.29, 1.82) is 0 Å². The molecule has 1 saturated heterocycles. The third-order valence-electron chi connectivity index (χ3n) is 9.73. The van der Waals surface area contributed by atoms with Crippen LogP contribution in [0.15, 0.2) is 24.3 Å². The number of hydrogen-bond acceptors (Lipinski definition) is 6. The minimum absolute atomic E-state index is 0.0256. The summed E-state index contributed by atoms with van der Waals surface area (Å²) >= 11 is 0. The fraction of sp³-hybridized carbons (Fsp3) is 0.774. The molecule has 1 heterocycles. The second kappa shape index (κ2) is 15.2. The van der Waals surface area contributed by atoms with E-state index in [4.69, 9.17) is 10.5 Å². The van der Waals surface area contributed by atoms with Crippen LogP contribution in [0.25, 0.3) is 0 Å². The highest BCUT2D eigenvalue weighted by Crippen LogP contribution is 2.39. The van der Waals surface area contributed by atoms with Gasteiger partial charge in [-0.15, -0.1) is 0 Å². The highest BCUT2D eigenvalue weighted by atomic mass is 32.2. The van der Waals surface area contributed by atoms with Gasteiger partial charge in [0.2, 0.25) is 15.9 Å². The molecule has 4 N–H and O–H groups in total. The van der Waals surface area contributed by atoms with Crippen molar-refractivity contribution in [3.05, 3.63) is 35.6 Å². The molecule has 0 spiro atoms. The number of nitrogens with zero attached hydrogens (tertiary/aromatic N) is 1. The third-order valence-corrected chi connectivity index (χ3v) is 11.8. The van der Waals surface area contributed by atoms with Gasteiger partial charge in [0.05, 0.1) is 17.9 Å². The van der Waals surface area contributed by atoms with Gasteiger partial charge in [0.15, 0.2) is 0 Å². The van der Waals surface area contributed by atoms with Gasteiger partial charge in [-0.05, 0) is 87.3 Å². The molecule has 2 saturated carbocycles. The predicted octanol–water partition coefficient (Wildman–Crippen LogP) is 3.91. The number of hydrogen-bond donors (Lipinski definition) is 3. The van der Waals surface area contributed by atoms with Crippen LogP contribution in [0.3, 0.4) is 0 Å². The Bertz CT molecular complexity index is 1060. The molecule has 10 heteroatoms. The maximum absolute atomic E-state index is 13.8. The Labute approximate surface area is 246 Å². The highest BCUT2D eigenvalue weighted by molar-refractivity contribution is 7.89. The van der Waals surface area contributed by atoms with E-state index in [2.05, 4.69) is 10.6 Å². The maximum atomic E-state index is 13.8. The number of carbonyl (C=O) groups excluding carboxylic acids is 1. The first kappa shape index (κ1) is 32.3. The van der Waals surface area contributed by atoms with Crippen LogP contribution in [0.1, 0.15) is 89.0 Å². The molecule has 4 rings (SSSR count). The van der Waals surface area contributed by atoms with Crippen LogP contribution in [0.2, 0.25) is 0 Å². The normalized spacial score (nSPS) is 29.5. The van der Waals surface area contributed by atoms with Crippen molar-refractivity contribution in [2.75, 3.05) is 32.5 Å². The van der Waals surface area contributed by atoms with Crippen molar-refractivity contribution in [2.45, 2.75) is 108 Å². The molecule has 1 amide bonds. The van der Waals surface area contributed by atoms with Crippen LogP contribution < -0.4 is 16.4 Å². The van der Waals surface area contributed by atoms with Crippen LogP contribution in [-0.2, 0) is 19.6 Å². The van der Waals surface area contributed by atoms with Crippen molar-refractivity contribution in [3.63, 3.8) is 0 Å². The fourth-order valence-electron chi connectivity index (χ4n) is 7.46. The zero-order chi connectivity index (χ0) is 29.4. The highest BCUT2D eigenvalue weighted by Gasteiger charge is 2.38. The average Bonchev–Trinajstić information content (AvgIpc) is 2.98. The Balaban J connectivity index is 1.42. The molecule has 0 aromatic heterocycles. The van der Waals surface area contributed by atoms with Gasteiger partial charge < -0.3 is 21.1 Å². The Morgan fingerprint density at radius 3 is 2.51 bits per heavy atom. The fourth-order valence-corrected chi connectivity index (χ4v) is 9.22. The van der Waals surface area contributed by atoms with E-state index in [9.17, 15) is 17.6 Å². The van der Waals surface area contributed by atoms with Gasteiger partial charge in [-0.3, -0.25) is 4.79 Å². The summed E-state index contributed by atoms with van der Waals surface area (Å²) in [6, 6.07) is 5.70. The number of nitrogens with one attached hydrogen (secondary N) is 2. The number of rotatable bonds is 12. The number of piperazine rings is 1. The van der Waals surface area contributed by atoms with E-state index < -0.39 is 16.1 Å². The average molecular weight is 595 g/mol. The van der Waals surface area contributed by atoms with E-state index >= 15 is 0 Å². The molecule has 0 unspecified atom stereocenters. The summed E-state index contributed by atoms with van der Waals surface area (Å²) in [5.41, 5.74) is 7.67. The summed E-state index contributed by atoms with van der Waals surface area (Å²) < 4.78 is 46.8. The quantitative estimate of drug-likeness (QED) is 0.338. The van der Waals surface area contributed by atoms with Gasteiger partial charge in [0.25, 0.3) is 0 Å². The lowest BCUT2D eigenvalue weighted by atomic mass is 9.72. The molecular weight excluding hydrogens is 543 g/mol. The number of amides is 1. The van der Waals surface area contributed by atoms with Gasteiger partial charge in [0.1, 0.15) is 5.82 Å². The first-order valence-electron chi connectivity index (χ1n) is 15.8. The molecule has 5 atom stereocenters. The number of carbonyl (C=O) groups is 1. The molecule has 3 fully saturated rings. The zero-order valence-corrected chi connectivity index (χ0v) is 25.7.